The predicted octanol–water partition coefficient (Wildman–Crippen LogP) is 3.32. The van der Waals surface area contributed by atoms with Crippen LogP contribution in [0.2, 0.25) is 10.0 Å². The minimum Gasteiger partial charge on any atom is -0.281 e. The summed E-state index contributed by atoms with van der Waals surface area (Å²) >= 11 is 11.7. The Hall–Kier alpha value is -0.210. The van der Waals surface area contributed by atoms with Gasteiger partial charge in [-0.05, 0) is 18.1 Å². The van der Waals surface area contributed by atoms with Crippen molar-refractivity contribution in [2.75, 3.05) is 10.5 Å². The van der Waals surface area contributed by atoms with Crippen LogP contribution >= 0.6 is 33.9 Å². The molecule has 0 radical (unpaired) electrons. The Morgan fingerprint density at radius 3 is 1.90 bits per heavy atom. The van der Waals surface area contributed by atoms with Crippen molar-refractivity contribution in [3.63, 3.8) is 0 Å². The molecule has 114 valence electrons. The van der Waals surface area contributed by atoms with Crippen molar-refractivity contribution in [2.45, 2.75) is 18.7 Å². The lowest BCUT2D eigenvalue weighted by Crippen LogP contribution is -2.20. The lowest BCUT2D eigenvalue weighted by Gasteiger charge is -2.13. The maximum atomic E-state index is 11.8. The molecule has 10 heteroatoms. The smallest absolute Gasteiger partial charge is 0.261 e. The molecular weight excluding hydrogens is 369 g/mol. The number of hydrogen-bond donors (Lipinski definition) is 1. The summed E-state index contributed by atoms with van der Waals surface area (Å²) in [7, 11) is -2.46. The maximum Gasteiger partial charge on any atom is 0.261 e. The number of hydrogen-bond acceptors (Lipinski definition) is 4. The molecule has 0 aliphatic carbocycles. The first-order valence-electron chi connectivity index (χ1n) is 5.36. The molecule has 5 nitrogen and oxygen atoms in total. The van der Waals surface area contributed by atoms with Gasteiger partial charge in [0.05, 0.1) is 26.4 Å². The van der Waals surface area contributed by atoms with Crippen molar-refractivity contribution in [3.05, 3.63) is 22.2 Å². The van der Waals surface area contributed by atoms with Crippen LogP contribution in [0, 0.1) is 5.92 Å². The van der Waals surface area contributed by atoms with E-state index in [1.807, 2.05) is 0 Å². The van der Waals surface area contributed by atoms with Gasteiger partial charge >= 0.3 is 0 Å². The van der Waals surface area contributed by atoms with E-state index in [-0.39, 0.29) is 32.3 Å². The SMILES string of the molecule is CC(C)CS(=O)(=O)Nc1c(Cl)cc(S(=O)(=O)Cl)cc1Cl. The first-order valence-corrected chi connectivity index (χ1v) is 10.1. The van der Waals surface area contributed by atoms with Crippen molar-refractivity contribution >= 4 is 58.6 Å². The third-order valence-electron chi connectivity index (χ3n) is 2.11. The van der Waals surface area contributed by atoms with Crippen molar-refractivity contribution in [3.8, 4) is 0 Å². The highest BCUT2D eigenvalue weighted by molar-refractivity contribution is 8.13. The van der Waals surface area contributed by atoms with Crippen molar-refractivity contribution in [1.29, 1.82) is 0 Å². The van der Waals surface area contributed by atoms with Crippen molar-refractivity contribution in [2.24, 2.45) is 5.92 Å². The molecule has 0 heterocycles. The van der Waals surface area contributed by atoms with Gasteiger partial charge in [0, 0.05) is 10.7 Å². The molecule has 0 atom stereocenters. The number of halogens is 3. The van der Waals surface area contributed by atoms with E-state index in [0.29, 0.717) is 0 Å². The number of anilines is 1. The molecule has 0 aliphatic heterocycles. The zero-order valence-electron chi connectivity index (χ0n) is 10.5. The lowest BCUT2D eigenvalue weighted by atomic mass is 10.3. The van der Waals surface area contributed by atoms with Gasteiger partial charge in [-0.25, -0.2) is 16.8 Å². The van der Waals surface area contributed by atoms with E-state index < -0.39 is 19.1 Å². The molecule has 0 aliphatic rings. The molecule has 0 unspecified atom stereocenters. The molecule has 0 saturated carbocycles. The molecule has 0 fully saturated rings. The third-order valence-corrected chi connectivity index (χ3v) is 5.66. The standard InChI is InChI=1S/C10H12Cl3NO4S2/c1-6(2)5-19(15,16)14-10-8(11)3-7(4-9(10)12)20(13,17)18/h3-4,6,14H,5H2,1-2H3. The highest BCUT2D eigenvalue weighted by Gasteiger charge is 2.20. The van der Waals surface area contributed by atoms with Crippen LogP contribution in [0.5, 0.6) is 0 Å². The van der Waals surface area contributed by atoms with Gasteiger partial charge in [0.1, 0.15) is 0 Å². The summed E-state index contributed by atoms with van der Waals surface area (Å²) < 4.78 is 48.3. The summed E-state index contributed by atoms with van der Waals surface area (Å²) in [5.74, 6) is -0.206. The van der Waals surface area contributed by atoms with Gasteiger partial charge in [0.25, 0.3) is 9.05 Å². The zero-order chi connectivity index (χ0) is 15.7. The second-order valence-electron chi connectivity index (χ2n) is 4.48. The van der Waals surface area contributed by atoms with E-state index in [1.165, 1.54) is 0 Å². The second-order valence-corrected chi connectivity index (χ2v) is 9.62. The number of rotatable bonds is 5. The fraction of sp³-hybridized carbons (Fsp3) is 0.400. The van der Waals surface area contributed by atoms with Crippen LogP contribution < -0.4 is 4.72 Å². The van der Waals surface area contributed by atoms with E-state index in [2.05, 4.69) is 4.72 Å². The second kappa shape index (κ2) is 6.27. The first-order chi connectivity index (χ1) is 8.92. The molecule has 0 aromatic heterocycles. The summed E-state index contributed by atoms with van der Waals surface area (Å²) in [6.07, 6.45) is 0. The van der Waals surface area contributed by atoms with Gasteiger partial charge in [-0.1, -0.05) is 37.0 Å². The van der Waals surface area contributed by atoms with Crippen LogP contribution in [0.15, 0.2) is 17.0 Å². The molecule has 1 aromatic rings. The van der Waals surface area contributed by atoms with E-state index in [4.69, 9.17) is 33.9 Å². The zero-order valence-corrected chi connectivity index (χ0v) is 14.4. The predicted molar refractivity (Wildman–Crippen MR) is 81.7 cm³/mol. The third kappa shape index (κ3) is 4.96. The van der Waals surface area contributed by atoms with Gasteiger partial charge in [-0.15, -0.1) is 0 Å². The van der Waals surface area contributed by atoms with Crippen molar-refractivity contribution < 1.29 is 16.8 Å². The Bertz CT molecular complexity index is 691. The van der Waals surface area contributed by atoms with Gasteiger partial charge in [-0.3, -0.25) is 4.72 Å². The monoisotopic (exact) mass is 379 g/mol. The normalized spacial score (nSPS) is 12.7. The van der Waals surface area contributed by atoms with E-state index in [1.54, 1.807) is 13.8 Å². The number of benzene rings is 1. The summed E-state index contributed by atoms with van der Waals surface area (Å²) in [5.41, 5.74) is -0.0712. The molecule has 0 amide bonds. The topological polar surface area (TPSA) is 80.3 Å². The van der Waals surface area contributed by atoms with E-state index in [0.717, 1.165) is 12.1 Å². The average Bonchev–Trinajstić information content (AvgIpc) is 2.19. The van der Waals surface area contributed by atoms with Crippen LogP contribution in [0.25, 0.3) is 0 Å². The highest BCUT2D eigenvalue weighted by Crippen LogP contribution is 2.35. The molecule has 1 aromatic carbocycles. The summed E-state index contributed by atoms with van der Waals surface area (Å²) in [4.78, 5) is -0.305. The minimum absolute atomic E-state index is 0.0712. The van der Waals surface area contributed by atoms with Gasteiger partial charge in [0.15, 0.2) is 0 Å². The largest absolute Gasteiger partial charge is 0.281 e. The summed E-state index contributed by atoms with van der Waals surface area (Å²) in [5, 5.41) is -0.298. The fourth-order valence-corrected chi connectivity index (χ4v) is 4.52. The van der Waals surface area contributed by atoms with Crippen LogP contribution in [0.1, 0.15) is 13.8 Å². The first kappa shape index (κ1) is 17.8. The number of sulfonamides is 1. The maximum absolute atomic E-state index is 11.8. The Morgan fingerprint density at radius 1 is 1.10 bits per heavy atom. The molecule has 0 saturated heterocycles. The van der Waals surface area contributed by atoms with E-state index in [9.17, 15) is 16.8 Å². The summed E-state index contributed by atoms with van der Waals surface area (Å²) in [6, 6.07) is 2.06. The average molecular weight is 381 g/mol. The van der Waals surface area contributed by atoms with E-state index >= 15 is 0 Å². The van der Waals surface area contributed by atoms with Crippen LogP contribution in [-0.2, 0) is 19.1 Å². The van der Waals surface area contributed by atoms with Crippen LogP contribution in [0.3, 0.4) is 0 Å². The lowest BCUT2D eigenvalue weighted by molar-refractivity contribution is 0.587. The van der Waals surface area contributed by atoms with Crippen LogP contribution in [-0.4, -0.2) is 22.6 Å². The molecule has 1 N–H and O–H groups in total. The molecule has 0 spiro atoms. The molecular formula is C10H12Cl3NO4S2. The minimum atomic E-state index is -4.00. The van der Waals surface area contributed by atoms with Crippen LogP contribution in [0.4, 0.5) is 5.69 Å². The molecule has 0 bridgehead atoms. The van der Waals surface area contributed by atoms with Gasteiger partial charge < -0.3 is 0 Å². The van der Waals surface area contributed by atoms with Gasteiger partial charge in [0.2, 0.25) is 10.0 Å². The molecule has 20 heavy (non-hydrogen) atoms. The molecule has 1 rings (SSSR count). The van der Waals surface area contributed by atoms with Crippen molar-refractivity contribution in [1.82, 2.24) is 0 Å². The Kier molecular flexibility index (Phi) is 5.60. The summed E-state index contributed by atoms with van der Waals surface area (Å²) in [6.45, 7) is 3.48. The Labute approximate surface area is 132 Å². The Balaban J connectivity index is 3.23. The highest BCUT2D eigenvalue weighted by atomic mass is 35.7. The number of nitrogens with one attached hydrogen (secondary N) is 1. The Morgan fingerprint density at radius 2 is 1.55 bits per heavy atom. The van der Waals surface area contributed by atoms with Gasteiger partial charge in [-0.2, -0.15) is 0 Å². The quantitative estimate of drug-likeness (QED) is 0.795. The fourth-order valence-electron chi connectivity index (χ4n) is 1.42.